The van der Waals surface area contributed by atoms with Crippen LogP contribution in [0.1, 0.15) is 46.1 Å². The van der Waals surface area contributed by atoms with Crippen molar-refractivity contribution < 1.29 is 4.42 Å². The third-order valence-electron chi connectivity index (χ3n) is 3.01. The SMILES string of the molecule is CC(C)Cc1nc2cc(C(C)(C)C)cc(N)c2o1. The molecule has 0 bridgehead atoms. The molecule has 0 saturated carbocycles. The number of hydrogen-bond donors (Lipinski definition) is 1. The Hall–Kier alpha value is -1.51. The number of nitrogen functional groups attached to an aromatic ring is 1. The number of anilines is 1. The molecule has 98 valence electrons. The van der Waals surface area contributed by atoms with Crippen LogP contribution in [0.5, 0.6) is 0 Å². The molecule has 0 fully saturated rings. The lowest BCUT2D eigenvalue weighted by Crippen LogP contribution is -2.11. The van der Waals surface area contributed by atoms with Gasteiger partial charge in [-0.15, -0.1) is 0 Å². The van der Waals surface area contributed by atoms with Crippen molar-refractivity contribution in [3.63, 3.8) is 0 Å². The second-order valence-corrected chi connectivity index (χ2v) is 6.37. The number of benzene rings is 1. The highest BCUT2D eigenvalue weighted by Gasteiger charge is 2.18. The molecule has 0 radical (unpaired) electrons. The largest absolute Gasteiger partial charge is 0.439 e. The van der Waals surface area contributed by atoms with Crippen LogP contribution in [0, 0.1) is 5.92 Å². The first kappa shape index (κ1) is 12.9. The predicted octanol–water partition coefficient (Wildman–Crippen LogP) is 3.91. The van der Waals surface area contributed by atoms with Gasteiger partial charge in [0, 0.05) is 6.42 Å². The number of hydrogen-bond acceptors (Lipinski definition) is 3. The van der Waals surface area contributed by atoms with Crippen molar-refractivity contribution in [3.05, 3.63) is 23.6 Å². The van der Waals surface area contributed by atoms with Crippen LogP contribution in [0.2, 0.25) is 0 Å². The summed E-state index contributed by atoms with van der Waals surface area (Å²) in [4.78, 5) is 4.54. The predicted molar refractivity (Wildman–Crippen MR) is 75.7 cm³/mol. The van der Waals surface area contributed by atoms with Crippen molar-refractivity contribution in [3.8, 4) is 0 Å². The molecule has 3 nitrogen and oxygen atoms in total. The first-order valence-corrected chi connectivity index (χ1v) is 6.47. The van der Waals surface area contributed by atoms with Gasteiger partial charge in [0.25, 0.3) is 0 Å². The number of fused-ring (bicyclic) bond motifs is 1. The van der Waals surface area contributed by atoms with Gasteiger partial charge < -0.3 is 10.2 Å². The van der Waals surface area contributed by atoms with Gasteiger partial charge in [-0.2, -0.15) is 0 Å². The van der Waals surface area contributed by atoms with E-state index in [1.165, 1.54) is 5.56 Å². The summed E-state index contributed by atoms with van der Waals surface area (Å²) in [5.41, 5.74) is 9.60. The Kier molecular flexibility index (Phi) is 3.09. The molecule has 18 heavy (non-hydrogen) atoms. The van der Waals surface area contributed by atoms with Crippen LogP contribution in [0.15, 0.2) is 16.5 Å². The van der Waals surface area contributed by atoms with E-state index >= 15 is 0 Å². The third kappa shape index (κ3) is 2.50. The van der Waals surface area contributed by atoms with Gasteiger partial charge >= 0.3 is 0 Å². The molecule has 0 saturated heterocycles. The summed E-state index contributed by atoms with van der Waals surface area (Å²) in [5.74, 6) is 1.30. The standard InChI is InChI=1S/C15H22N2O/c1-9(2)6-13-17-12-8-10(15(3,4)5)7-11(16)14(12)18-13/h7-9H,6,16H2,1-5H3. The Labute approximate surface area is 108 Å². The molecule has 2 aromatic rings. The summed E-state index contributed by atoms with van der Waals surface area (Å²) in [5, 5.41) is 0. The van der Waals surface area contributed by atoms with Gasteiger partial charge in [-0.05, 0) is 29.0 Å². The minimum atomic E-state index is 0.0689. The summed E-state index contributed by atoms with van der Waals surface area (Å²) in [6, 6.07) is 4.08. The molecule has 0 aliphatic carbocycles. The van der Waals surface area contributed by atoms with Gasteiger partial charge in [-0.3, -0.25) is 0 Å². The molecular formula is C15H22N2O. The van der Waals surface area contributed by atoms with Crippen LogP contribution >= 0.6 is 0 Å². The normalized spacial score (nSPS) is 12.6. The number of aromatic nitrogens is 1. The van der Waals surface area contributed by atoms with E-state index in [0.717, 1.165) is 23.4 Å². The average molecular weight is 246 g/mol. The van der Waals surface area contributed by atoms with E-state index in [-0.39, 0.29) is 5.41 Å². The smallest absolute Gasteiger partial charge is 0.195 e. The Bertz CT molecular complexity index is 562. The molecule has 1 aromatic carbocycles. The highest BCUT2D eigenvalue weighted by molar-refractivity contribution is 5.86. The van der Waals surface area contributed by atoms with Gasteiger partial charge in [-0.25, -0.2) is 4.98 Å². The number of rotatable bonds is 2. The van der Waals surface area contributed by atoms with Crippen LogP contribution in [0.3, 0.4) is 0 Å². The molecule has 0 aliphatic heterocycles. The van der Waals surface area contributed by atoms with Crippen LogP contribution in [0.4, 0.5) is 5.69 Å². The molecule has 2 N–H and O–H groups in total. The van der Waals surface area contributed by atoms with E-state index in [1.807, 2.05) is 6.07 Å². The van der Waals surface area contributed by atoms with E-state index in [0.29, 0.717) is 11.6 Å². The minimum absolute atomic E-state index is 0.0689. The fourth-order valence-electron chi connectivity index (χ4n) is 1.97. The second kappa shape index (κ2) is 4.30. The maximum absolute atomic E-state index is 6.06. The zero-order valence-electron chi connectivity index (χ0n) is 11.9. The molecular weight excluding hydrogens is 224 g/mol. The fraction of sp³-hybridized carbons (Fsp3) is 0.533. The first-order valence-electron chi connectivity index (χ1n) is 6.47. The lowest BCUT2D eigenvalue weighted by molar-refractivity contribution is 0.483. The maximum atomic E-state index is 6.06. The minimum Gasteiger partial charge on any atom is -0.439 e. The van der Waals surface area contributed by atoms with Gasteiger partial charge in [0.1, 0.15) is 5.52 Å². The molecule has 0 atom stereocenters. The summed E-state index contributed by atoms with van der Waals surface area (Å²) in [6.07, 6.45) is 0.846. The van der Waals surface area contributed by atoms with E-state index in [1.54, 1.807) is 0 Å². The Morgan fingerprint density at radius 2 is 1.94 bits per heavy atom. The summed E-state index contributed by atoms with van der Waals surface area (Å²) < 4.78 is 5.74. The topological polar surface area (TPSA) is 52.0 Å². The lowest BCUT2D eigenvalue weighted by atomic mass is 9.86. The molecule has 0 unspecified atom stereocenters. The Balaban J connectivity index is 2.52. The summed E-state index contributed by atoms with van der Waals surface area (Å²) in [7, 11) is 0. The number of oxazole rings is 1. The Morgan fingerprint density at radius 1 is 1.28 bits per heavy atom. The van der Waals surface area contributed by atoms with Crippen LogP contribution in [-0.2, 0) is 11.8 Å². The van der Waals surface area contributed by atoms with E-state index in [9.17, 15) is 0 Å². The van der Waals surface area contributed by atoms with Gasteiger partial charge in [0.05, 0.1) is 5.69 Å². The molecule has 0 spiro atoms. The number of nitrogens with zero attached hydrogens (tertiary/aromatic N) is 1. The molecule has 3 heteroatoms. The second-order valence-electron chi connectivity index (χ2n) is 6.37. The summed E-state index contributed by atoms with van der Waals surface area (Å²) >= 11 is 0. The van der Waals surface area contributed by atoms with Crippen molar-refractivity contribution in [2.24, 2.45) is 5.92 Å². The quantitative estimate of drug-likeness (QED) is 0.817. The third-order valence-corrected chi connectivity index (χ3v) is 3.01. The first-order chi connectivity index (χ1) is 8.27. The molecule has 0 aliphatic rings. The molecule has 1 aromatic heterocycles. The van der Waals surface area contributed by atoms with Crippen molar-refractivity contribution in [2.75, 3.05) is 5.73 Å². The average Bonchev–Trinajstić information content (AvgIpc) is 2.58. The lowest BCUT2D eigenvalue weighted by Gasteiger charge is -2.19. The van der Waals surface area contributed by atoms with Crippen molar-refractivity contribution in [1.82, 2.24) is 4.98 Å². The van der Waals surface area contributed by atoms with Gasteiger partial charge in [-0.1, -0.05) is 34.6 Å². The van der Waals surface area contributed by atoms with Crippen molar-refractivity contribution >= 4 is 16.8 Å². The van der Waals surface area contributed by atoms with E-state index in [2.05, 4.69) is 45.7 Å². The van der Waals surface area contributed by atoms with E-state index in [4.69, 9.17) is 10.2 Å². The fourth-order valence-corrected chi connectivity index (χ4v) is 1.97. The zero-order valence-corrected chi connectivity index (χ0v) is 11.9. The van der Waals surface area contributed by atoms with Crippen LogP contribution in [-0.4, -0.2) is 4.98 Å². The van der Waals surface area contributed by atoms with Crippen LogP contribution < -0.4 is 5.73 Å². The van der Waals surface area contributed by atoms with Crippen molar-refractivity contribution in [1.29, 1.82) is 0 Å². The molecule has 0 amide bonds. The number of nitrogens with two attached hydrogens (primary N) is 1. The highest BCUT2D eigenvalue weighted by atomic mass is 16.3. The van der Waals surface area contributed by atoms with Gasteiger partial charge in [0.2, 0.25) is 0 Å². The Morgan fingerprint density at radius 3 is 2.50 bits per heavy atom. The van der Waals surface area contributed by atoms with E-state index < -0.39 is 0 Å². The van der Waals surface area contributed by atoms with Crippen molar-refractivity contribution in [2.45, 2.75) is 46.5 Å². The highest BCUT2D eigenvalue weighted by Crippen LogP contribution is 2.31. The maximum Gasteiger partial charge on any atom is 0.195 e. The molecule has 1 heterocycles. The summed E-state index contributed by atoms with van der Waals surface area (Å²) in [6.45, 7) is 10.8. The van der Waals surface area contributed by atoms with Crippen LogP contribution in [0.25, 0.3) is 11.1 Å². The molecule has 2 rings (SSSR count). The van der Waals surface area contributed by atoms with Gasteiger partial charge in [0.15, 0.2) is 11.5 Å². The zero-order chi connectivity index (χ0) is 13.5. The monoisotopic (exact) mass is 246 g/mol.